The molecule has 14 heteroatoms. The summed E-state index contributed by atoms with van der Waals surface area (Å²) in [6.07, 6.45) is -1.18. The van der Waals surface area contributed by atoms with Crippen molar-refractivity contribution in [3.8, 4) is 0 Å². The van der Waals surface area contributed by atoms with Gasteiger partial charge in [0, 0.05) is 19.3 Å². The second-order valence-electron chi connectivity index (χ2n) is 8.01. The fourth-order valence-electron chi connectivity index (χ4n) is 3.07. The normalized spacial score (nSPS) is 13.9. The van der Waals surface area contributed by atoms with Crippen LogP contribution < -0.4 is 33.2 Å². The molecule has 11 N–H and O–H groups in total. The zero-order chi connectivity index (χ0) is 27.3. The molecule has 36 heavy (non-hydrogen) atoms. The van der Waals surface area contributed by atoms with E-state index in [2.05, 4.69) is 16.0 Å². The zero-order valence-corrected chi connectivity index (χ0v) is 19.5. The van der Waals surface area contributed by atoms with Gasteiger partial charge in [-0.3, -0.25) is 24.0 Å². The van der Waals surface area contributed by atoms with E-state index in [4.69, 9.17) is 22.3 Å². The number of aliphatic hydroxyl groups excluding tert-OH is 1. The topological polar surface area (TPSA) is 257 Å². The number of nitrogens with two attached hydrogens (primary N) is 3. The van der Waals surface area contributed by atoms with Crippen LogP contribution in [0.5, 0.6) is 0 Å². The lowest BCUT2D eigenvalue weighted by Gasteiger charge is -2.25. The molecule has 1 aromatic rings. The molecule has 0 radical (unpaired) electrons. The number of nitrogens with one attached hydrogen (secondary N) is 3. The van der Waals surface area contributed by atoms with E-state index in [0.717, 1.165) is 0 Å². The molecule has 198 valence electrons. The number of hydrogen-bond acceptors (Lipinski definition) is 8. The van der Waals surface area contributed by atoms with Crippen LogP contribution in [0.1, 0.15) is 31.2 Å². The van der Waals surface area contributed by atoms with Crippen LogP contribution in [0.25, 0.3) is 0 Å². The molecule has 0 aliphatic carbocycles. The number of primary amides is 2. The monoisotopic (exact) mass is 508 g/mol. The maximum absolute atomic E-state index is 12.9. The molecule has 0 heterocycles. The summed E-state index contributed by atoms with van der Waals surface area (Å²) >= 11 is 0. The van der Waals surface area contributed by atoms with Crippen molar-refractivity contribution in [1.82, 2.24) is 16.0 Å². The Morgan fingerprint density at radius 3 is 1.61 bits per heavy atom. The van der Waals surface area contributed by atoms with Gasteiger partial charge in [0.2, 0.25) is 29.5 Å². The lowest BCUT2D eigenvalue weighted by molar-refractivity contribution is -0.142. The van der Waals surface area contributed by atoms with Crippen molar-refractivity contribution >= 4 is 35.5 Å². The number of amides is 5. The van der Waals surface area contributed by atoms with Gasteiger partial charge >= 0.3 is 5.97 Å². The molecule has 5 amide bonds. The summed E-state index contributed by atoms with van der Waals surface area (Å²) in [5.74, 6) is -5.57. The molecule has 0 fully saturated rings. The summed E-state index contributed by atoms with van der Waals surface area (Å²) in [5, 5.41) is 25.5. The number of aliphatic hydroxyl groups is 1. The van der Waals surface area contributed by atoms with Gasteiger partial charge < -0.3 is 43.4 Å². The zero-order valence-electron chi connectivity index (χ0n) is 19.5. The Morgan fingerprint density at radius 1 is 0.750 bits per heavy atom. The highest BCUT2D eigenvalue weighted by Crippen LogP contribution is 2.07. The second kappa shape index (κ2) is 15.1. The second-order valence-corrected chi connectivity index (χ2v) is 8.01. The minimum Gasteiger partial charge on any atom is -0.480 e. The van der Waals surface area contributed by atoms with Crippen LogP contribution >= 0.6 is 0 Å². The number of carbonyl (C=O) groups is 6. The molecule has 1 aromatic carbocycles. The van der Waals surface area contributed by atoms with E-state index in [1.807, 2.05) is 0 Å². The Bertz CT molecular complexity index is 942. The number of benzene rings is 1. The van der Waals surface area contributed by atoms with Crippen molar-refractivity contribution in [3.63, 3.8) is 0 Å². The smallest absolute Gasteiger partial charge is 0.326 e. The summed E-state index contributed by atoms with van der Waals surface area (Å²) < 4.78 is 0. The van der Waals surface area contributed by atoms with Crippen LogP contribution in [0.15, 0.2) is 30.3 Å². The Kier molecular flexibility index (Phi) is 12.5. The van der Waals surface area contributed by atoms with Crippen LogP contribution in [-0.4, -0.2) is 76.5 Å². The van der Waals surface area contributed by atoms with E-state index in [0.29, 0.717) is 5.56 Å². The molecule has 0 aliphatic heterocycles. The van der Waals surface area contributed by atoms with Crippen molar-refractivity contribution < 1.29 is 39.0 Å². The third-order valence-electron chi connectivity index (χ3n) is 5.06. The van der Waals surface area contributed by atoms with Crippen LogP contribution in [-0.2, 0) is 35.2 Å². The third kappa shape index (κ3) is 10.9. The van der Waals surface area contributed by atoms with E-state index in [9.17, 15) is 33.9 Å². The average Bonchev–Trinajstić information content (AvgIpc) is 2.83. The summed E-state index contributed by atoms with van der Waals surface area (Å²) in [6.45, 7) is -0.711. The van der Waals surface area contributed by atoms with Gasteiger partial charge in [-0.05, 0) is 18.4 Å². The number of hydrogen-bond donors (Lipinski definition) is 8. The SMILES string of the molecule is NC(=O)CC[C@H](NC(=O)[C@H](CCC(N)=O)NC(=O)[C@@H](N)CO)C(=O)N[C@@H](Cc1ccccc1)C(=O)O. The molecule has 0 aromatic heterocycles. The van der Waals surface area contributed by atoms with Gasteiger partial charge in [0.05, 0.1) is 6.61 Å². The first kappa shape index (κ1) is 30.0. The molecule has 4 atom stereocenters. The standard InChI is InChI=1S/C22H32N6O8/c23-13(11-29)19(32)26-14(6-8-17(24)30)20(33)27-15(7-9-18(25)31)21(34)28-16(22(35)36)10-12-4-2-1-3-5-12/h1-5,13-16,29H,6-11,23H2,(H2,24,30)(H2,25,31)(H,26,32)(H,27,33)(H,28,34)(H,35,36)/t13-,14-,15-,16-/m0/s1. The fourth-order valence-corrected chi connectivity index (χ4v) is 3.07. The van der Waals surface area contributed by atoms with E-state index in [1.54, 1.807) is 30.3 Å². The van der Waals surface area contributed by atoms with Gasteiger partial charge in [0.15, 0.2) is 0 Å². The Labute approximate surface area is 206 Å². The van der Waals surface area contributed by atoms with Crippen LogP contribution in [0.2, 0.25) is 0 Å². The minimum atomic E-state index is -1.40. The Hall–Kier alpha value is -4.04. The van der Waals surface area contributed by atoms with Crippen molar-refractivity contribution in [2.45, 2.75) is 56.3 Å². The number of aliphatic carboxylic acids is 1. The Morgan fingerprint density at radius 2 is 1.19 bits per heavy atom. The van der Waals surface area contributed by atoms with Crippen LogP contribution in [0.3, 0.4) is 0 Å². The van der Waals surface area contributed by atoms with E-state index >= 15 is 0 Å². The molecule has 1 rings (SSSR count). The van der Waals surface area contributed by atoms with Crippen molar-refractivity contribution in [3.05, 3.63) is 35.9 Å². The van der Waals surface area contributed by atoms with E-state index < -0.39 is 66.3 Å². The lowest BCUT2D eigenvalue weighted by atomic mass is 10.0. The maximum Gasteiger partial charge on any atom is 0.326 e. The molecule has 14 nitrogen and oxygen atoms in total. The largest absolute Gasteiger partial charge is 0.480 e. The fraction of sp³-hybridized carbons (Fsp3) is 0.455. The Balaban J connectivity index is 3.04. The number of carbonyl (C=O) groups excluding carboxylic acids is 5. The van der Waals surface area contributed by atoms with Crippen LogP contribution in [0, 0.1) is 0 Å². The summed E-state index contributed by atoms with van der Waals surface area (Å²) in [5.41, 5.74) is 16.3. The molecule has 0 aliphatic rings. The average molecular weight is 509 g/mol. The molecular formula is C22H32N6O8. The van der Waals surface area contributed by atoms with Gasteiger partial charge in [-0.2, -0.15) is 0 Å². The predicted molar refractivity (Wildman–Crippen MR) is 125 cm³/mol. The van der Waals surface area contributed by atoms with E-state index in [1.165, 1.54) is 0 Å². The molecule has 0 spiro atoms. The lowest BCUT2D eigenvalue weighted by Crippen LogP contribution is -2.57. The van der Waals surface area contributed by atoms with Gasteiger partial charge in [-0.1, -0.05) is 30.3 Å². The molecule has 0 unspecified atom stereocenters. The third-order valence-corrected chi connectivity index (χ3v) is 5.06. The van der Waals surface area contributed by atoms with Crippen molar-refractivity contribution in [1.29, 1.82) is 0 Å². The highest BCUT2D eigenvalue weighted by atomic mass is 16.4. The van der Waals surface area contributed by atoms with Crippen LogP contribution in [0.4, 0.5) is 0 Å². The summed E-state index contributed by atoms with van der Waals surface area (Å²) in [4.78, 5) is 72.0. The number of carboxylic acid groups (broad SMARTS) is 1. The highest BCUT2D eigenvalue weighted by molar-refractivity contribution is 5.94. The highest BCUT2D eigenvalue weighted by Gasteiger charge is 2.30. The molecular weight excluding hydrogens is 476 g/mol. The minimum absolute atomic E-state index is 0.0469. The van der Waals surface area contributed by atoms with Gasteiger partial charge in [0.25, 0.3) is 0 Å². The summed E-state index contributed by atoms with van der Waals surface area (Å²) in [7, 11) is 0. The van der Waals surface area contributed by atoms with Gasteiger partial charge in [0.1, 0.15) is 24.2 Å². The van der Waals surface area contributed by atoms with Crippen molar-refractivity contribution in [2.75, 3.05) is 6.61 Å². The molecule has 0 bridgehead atoms. The first-order valence-corrected chi connectivity index (χ1v) is 11.1. The molecule has 0 saturated carbocycles. The number of carboxylic acids is 1. The first-order valence-electron chi connectivity index (χ1n) is 11.1. The number of rotatable bonds is 16. The summed E-state index contributed by atoms with van der Waals surface area (Å²) in [6, 6.07) is 3.04. The van der Waals surface area contributed by atoms with E-state index in [-0.39, 0.29) is 32.1 Å². The van der Waals surface area contributed by atoms with Gasteiger partial charge in [-0.25, -0.2) is 4.79 Å². The van der Waals surface area contributed by atoms with Crippen molar-refractivity contribution in [2.24, 2.45) is 17.2 Å². The molecule has 0 saturated heterocycles. The quantitative estimate of drug-likeness (QED) is 0.111. The maximum atomic E-state index is 12.9. The van der Waals surface area contributed by atoms with Gasteiger partial charge in [-0.15, -0.1) is 0 Å². The predicted octanol–water partition coefficient (Wildman–Crippen LogP) is -3.38. The first-order chi connectivity index (χ1) is 16.9.